The highest BCUT2D eigenvalue weighted by Gasteiger charge is 1.93. The van der Waals surface area contributed by atoms with Crippen LogP contribution in [0.15, 0.2) is 12.5 Å². The Labute approximate surface area is 54.3 Å². The second kappa shape index (κ2) is 2.64. The van der Waals surface area contributed by atoms with E-state index in [0.717, 1.165) is 5.69 Å². The van der Waals surface area contributed by atoms with Gasteiger partial charge in [0, 0.05) is 14.2 Å². The zero-order valence-electron chi connectivity index (χ0n) is 5.66. The topological polar surface area (TPSA) is 27.1 Å². The number of aryl methyl sites for hydroxylation is 1. The van der Waals surface area contributed by atoms with Crippen molar-refractivity contribution in [1.29, 1.82) is 0 Å². The Bertz CT molecular complexity index is 183. The van der Waals surface area contributed by atoms with Crippen molar-refractivity contribution in [2.24, 2.45) is 7.05 Å². The highest BCUT2D eigenvalue weighted by molar-refractivity contribution is 4.94. The van der Waals surface area contributed by atoms with Gasteiger partial charge < -0.3 is 9.30 Å². The van der Waals surface area contributed by atoms with Crippen LogP contribution in [-0.4, -0.2) is 16.7 Å². The van der Waals surface area contributed by atoms with Crippen LogP contribution in [-0.2, 0) is 18.4 Å². The van der Waals surface area contributed by atoms with E-state index in [4.69, 9.17) is 4.74 Å². The van der Waals surface area contributed by atoms with E-state index in [0.29, 0.717) is 6.61 Å². The van der Waals surface area contributed by atoms with E-state index in [1.54, 1.807) is 19.6 Å². The number of hydrogen-bond acceptors (Lipinski definition) is 2. The number of rotatable bonds is 2. The first-order valence-electron chi connectivity index (χ1n) is 2.78. The molecular weight excluding hydrogens is 116 g/mol. The summed E-state index contributed by atoms with van der Waals surface area (Å²) < 4.78 is 6.84. The lowest BCUT2D eigenvalue weighted by Gasteiger charge is -1.97. The van der Waals surface area contributed by atoms with Crippen LogP contribution in [0.4, 0.5) is 0 Å². The lowest BCUT2D eigenvalue weighted by atomic mass is 10.5. The molecule has 0 atom stereocenters. The smallest absolute Gasteiger partial charge is 0.0946 e. The monoisotopic (exact) mass is 126 g/mol. The Hall–Kier alpha value is -0.830. The van der Waals surface area contributed by atoms with E-state index >= 15 is 0 Å². The fraction of sp³-hybridized carbons (Fsp3) is 0.500. The van der Waals surface area contributed by atoms with E-state index in [-0.39, 0.29) is 0 Å². The first kappa shape index (κ1) is 6.29. The second-order valence-electron chi connectivity index (χ2n) is 1.93. The molecule has 1 aromatic rings. The summed E-state index contributed by atoms with van der Waals surface area (Å²) in [4.78, 5) is 3.92. The zero-order valence-corrected chi connectivity index (χ0v) is 5.66. The molecule has 3 nitrogen and oxygen atoms in total. The molecule has 0 aromatic carbocycles. The molecule has 0 fully saturated rings. The summed E-state index contributed by atoms with van der Waals surface area (Å²) in [6, 6.07) is 0. The third-order valence-electron chi connectivity index (χ3n) is 1.21. The number of methoxy groups -OCH3 is 1. The third-order valence-corrected chi connectivity index (χ3v) is 1.21. The van der Waals surface area contributed by atoms with Crippen LogP contribution in [0.1, 0.15) is 5.69 Å². The number of aromatic nitrogens is 2. The number of ether oxygens (including phenoxy) is 1. The Morgan fingerprint density at radius 3 is 3.00 bits per heavy atom. The molecule has 0 amide bonds. The van der Waals surface area contributed by atoms with Crippen LogP contribution >= 0.6 is 0 Å². The van der Waals surface area contributed by atoms with Crippen molar-refractivity contribution in [3.05, 3.63) is 18.2 Å². The minimum absolute atomic E-state index is 0.635. The molecule has 50 valence electrons. The van der Waals surface area contributed by atoms with Gasteiger partial charge in [0.1, 0.15) is 0 Å². The molecule has 9 heavy (non-hydrogen) atoms. The number of hydrogen-bond donors (Lipinski definition) is 0. The normalized spacial score (nSPS) is 10.0. The molecule has 0 spiro atoms. The first-order chi connectivity index (χ1) is 4.34. The zero-order chi connectivity index (χ0) is 6.69. The molecule has 0 bridgehead atoms. The lowest BCUT2D eigenvalue weighted by molar-refractivity contribution is 0.179. The minimum Gasteiger partial charge on any atom is -0.378 e. The van der Waals surface area contributed by atoms with Crippen LogP contribution in [0, 0.1) is 0 Å². The SMILES string of the molecule is COCc1cncn1C. The van der Waals surface area contributed by atoms with Crippen molar-refractivity contribution >= 4 is 0 Å². The maximum atomic E-state index is 4.91. The molecule has 0 unspecified atom stereocenters. The summed E-state index contributed by atoms with van der Waals surface area (Å²) in [5, 5.41) is 0. The summed E-state index contributed by atoms with van der Waals surface area (Å²) in [5.41, 5.74) is 1.09. The molecule has 1 heterocycles. The molecule has 0 aliphatic heterocycles. The maximum Gasteiger partial charge on any atom is 0.0946 e. The van der Waals surface area contributed by atoms with E-state index in [1.807, 2.05) is 11.6 Å². The van der Waals surface area contributed by atoms with Gasteiger partial charge in [0.2, 0.25) is 0 Å². The van der Waals surface area contributed by atoms with Gasteiger partial charge in [-0.25, -0.2) is 4.98 Å². The van der Waals surface area contributed by atoms with Crippen LogP contribution in [0.2, 0.25) is 0 Å². The van der Waals surface area contributed by atoms with Gasteiger partial charge in [0.05, 0.1) is 24.8 Å². The molecule has 3 heteroatoms. The molecule has 0 saturated carbocycles. The lowest BCUT2D eigenvalue weighted by Crippen LogP contribution is -1.95. The molecule has 1 rings (SSSR count). The second-order valence-corrected chi connectivity index (χ2v) is 1.93. The number of imidazole rings is 1. The summed E-state index contributed by atoms with van der Waals surface area (Å²) in [6.07, 6.45) is 3.55. The third kappa shape index (κ3) is 1.29. The first-order valence-corrected chi connectivity index (χ1v) is 2.78. The summed E-state index contributed by atoms with van der Waals surface area (Å²) in [7, 11) is 3.62. The van der Waals surface area contributed by atoms with Crippen LogP contribution in [0.25, 0.3) is 0 Å². The van der Waals surface area contributed by atoms with Crippen molar-refractivity contribution in [3.63, 3.8) is 0 Å². The molecule has 0 N–H and O–H groups in total. The van der Waals surface area contributed by atoms with Gasteiger partial charge in [-0.2, -0.15) is 0 Å². The maximum absolute atomic E-state index is 4.91. The van der Waals surface area contributed by atoms with Crippen molar-refractivity contribution in [1.82, 2.24) is 9.55 Å². The Kier molecular flexibility index (Phi) is 1.85. The average Bonchev–Trinajstić information content (AvgIpc) is 2.18. The number of nitrogens with zero attached hydrogens (tertiary/aromatic N) is 2. The quantitative estimate of drug-likeness (QED) is 0.579. The average molecular weight is 126 g/mol. The molecule has 0 aliphatic rings. The van der Waals surface area contributed by atoms with Gasteiger partial charge in [0.15, 0.2) is 0 Å². The molecular formula is C6H10N2O. The highest BCUT2D eigenvalue weighted by Crippen LogP contribution is 1.96. The molecule has 0 saturated heterocycles. The van der Waals surface area contributed by atoms with Crippen molar-refractivity contribution in [3.8, 4) is 0 Å². The molecule has 0 aliphatic carbocycles. The van der Waals surface area contributed by atoms with Gasteiger partial charge in [-0.3, -0.25) is 0 Å². The largest absolute Gasteiger partial charge is 0.378 e. The fourth-order valence-corrected chi connectivity index (χ4v) is 0.672. The molecule has 0 radical (unpaired) electrons. The van der Waals surface area contributed by atoms with E-state index in [1.165, 1.54) is 0 Å². The molecule has 1 aromatic heterocycles. The standard InChI is InChI=1S/C6H10N2O/c1-8-5-7-3-6(8)4-9-2/h3,5H,4H2,1-2H3. The predicted molar refractivity (Wildman–Crippen MR) is 33.9 cm³/mol. The van der Waals surface area contributed by atoms with E-state index in [2.05, 4.69) is 4.98 Å². The Morgan fingerprint density at radius 1 is 1.78 bits per heavy atom. The fourth-order valence-electron chi connectivity index (χ4n) is 0.672. The van der Waals surface area contributed by atoms with Gasteiger partial charge in [-0.1, -0.05) is 0 Å². The van der Waals surface area contributed by atoms with Crippen LogP contribution in [0.5, 0.6) is 0 Å². The van der Waals surface area contributed by atoms with Crippen LogP contribution < -0.4 is 0 Å². The summed E-state index contributed by atoms with van der Waals surface area (Å²) in [6.45, 7) is 0.635. The Morgan fingerprint density at radius 2 is 2.56 bits per heavy atom. The highest BCUT2D eigenvalue weighted by atomic mass is 16.5. The van der Waals surface area contributed by atoms with Gasteiger partial charge in [-0.15, -0.1) is 0 Å². The van der Waals surface area contributed by atoms with Gasteiger partial charge >= 0.3 is 0 Å². The van der Waals surface area contributed by atoms with Gasteiger partial charge in [0.25, 0.3) is 0 Å². The summed E-state index contributed by atoms with van der Waals surface area (Å²) in [5.74, 6) is 0. The minimum atomic E-state index is 0.635. The van der Waals surface area contributed by atoms with E-state index < -0.39 is 0 Å². The summed E-state index contributed by atoms with van der Waals surface area (Å²) >= 11 is 0. The van der Waals surface area contributed by atoms with Crippen LogP contribution in [0.3, 0.4) is 0 Å². The van der Waals surface area contributed by atoms with Gasteiger partial charge in [-0.05, 0) is 0 Å². The van der Waals surface area contributed by atoms with Crippen molar-refractivity contribution < 1.29 is 4.74 Å². The van der Waals surface area contributed by atoms with E-state index in [9.17, 15) is 0 Å². The Balaban J connectivity index is 2.69. The predicted octanol–water partition coefficient (Wildman–Crippen LogP) is 0.567. The van der Waals surface area contributed by atoms with Crippen molar-refractivity contribution in [2.75, 3.05) is 7.11 Å². The van der Waals surface area contributed by atoms with Crippen molar-refractivity contribution in [2.45, 2.75) is 6.61 Å².